The third-order valence-electron chi connectivity index (χ3n) is 5.03. The highest BCUT2D eigenvalue weighted by atomic mass is 79.9. The van der Waals surface area contributed by atoms with E-state index in [1.165, 1.54) is 24.8 Å². The molecule has 1 saturated heterocycles. The average Bonchev–Trinajstić information content (AvgIpc) is 2.49. The van der Waals surface area contributed by atoms with Crippen LogP contribution in [0.3, 0.4) is 0 Å². The molecule has 0 aromatic heterocycles. The maximum Gasteiger partial charge on any atom is 0.104 e. The smallest absolute Gasteiger partial charge is 0.104 e. The molecule has 1 unspecified atom stereocenters. The molecule has 1 aromatic carbocycles. The third-order valence-corrected chi connectivity index (χ3v) is 5.55. The Labute approximate surface area is 156 Å². The monoisotopic (exact) mass is 393 g/mol. The van der Waals surface area contributed by atoms with Crippen LogP contribution in [0.15, 0.2) is 41.4 Å². The van der Waals surface area contributed by atoms with Crippen molar-refractivity contribution in [2.24, 2.45) is 0 Å². The Balaban J connectivity index is 2.22. The van der Waals surface area contributed by atoms with Crippen LogP contribution < -0.4 is 0 Å². The van der Waals surface area contributed by atoms with Gasteiger partial charge in [-0.15, -0.1) is 6.58 Å². The number of rotatable bonds is 7. The molecule has 0 bridgehead atoms. The molecule has 134 valence electrons. The Morgan fingerprint density at radius 1 is 1.17 bits per heavy atom. The standard InChI is InChI=1S/C21H32BrNO/c1-6-7-8-10-19(17-11-13-18(22)14-12-17)24-23-20(2,3)15-9-16-21(23,4)5/h6,11-14,19H,1,7-10,15-16H2,2-5H3. The molecular formula is C21H32BrNO. The second-order valence-corrected chi connectivity index (χ2v) is 9.05. The molecule has 1 heterocycles. The summed E-state index contributed by atoms with van der Waals surface area (Å²) in [7, 11) is 0. The van der Waals surface area contributed by atoms with E-state index >= 15 is 0 Å². The van der Waals surface area contributed by atoms with Crippen molar-refractivity contribution in [2.45, 2.75) is 83.4 Å². The van der Waals surface area contributed by atoms with Gasteiger partial charge in [0.15, 0.2) is 0 Å². The summed E-state index contributed by atoms with van der Waals surface area (Å²) in [5.41, 5.74) is 1.38. The predicted molar refractivity (Wildman–Crippen MR) is 106 cm³/mol. The van der Waals surface area contributed by atoms with Crippen LogP contribution in [-0.4, -0.2) is 16.1 Å². The van der Waals surface area contributed by atoms with Crippen molar-refractivity contribution in [2.75, 3.05) is 0 Å². The molecule has 0 amide bonds. The highest BCUT2D eigenvalue weighted by molar-refractivity contribution is 9.10. The highest BCUT2D eigenvalue weighted by Gasteiger charge is 2.43. The van der Waals surface area contributed by atoms with Gasteiger partial charge in [-0.25, -0.2) is 0 Å². The van der Waals surface area contributed by atoms with Gasteiger partial charge in [-0.05, 0) is 83.9 Å². The lowest BCUT2D eigenvalue weighted by atomic mass is 9.82. The fourth-order valence-corrected chi connectivity index (χ4v) is 4.06. The molecule has 1 aliphatic rings. The van der Waals surface area contributed by atoms with Gasteiger partial charge in [-0.2, -0.15) is 5.06 Å². The second-order valence-electron chi connectivity index (χ2n) is 8.14. The van der Waals surface area contributed by atoms with Gasteiger partial charge in [0.1, 0.15) is 6.10 Å². The van der Waals surface area contributed by atoms with Gasteiger partial charge in [0.2, 0.25) is 0 Å². The quantitative estimate of drug-likeness (QED) is 0.372. The SMILES string of the molecule is C=CCCCC(ON1C(C)(C)CCCC1(C)C)c1ccc(Br)cc1. The van der Waals surface area contributed by atoms with E-state index in [0.717, 1.165) is 23.7 Å². The van der Waals surface area contributed by atoms with Gasteiger partial charge in [-0.1, -0.05) is 34.1 Å². The number of unbranched alkanes of at least 4 members (excludes halogenated alkanes) is 1. The fourth-order valence-electron chi connectivity index (χ4n) is 3.79. The van der Waals surface area contributed by atoms with Crippen LogP contribution in [0.5, 0.6) is 0 Å². The zero-order valence-corrected chi connectivity index (χ0v) is 17.2. The van der Waals surface area contributed by atoms with Gasteiger partial charge in [-0.3, -0.25) is 4.84 Å². The number of nitrogens with zero attached hydrogens (tertiary/aromatic N) is 1. The van der Waals surface area contributed by atoms with Crippen LogP contribution >= 0.6 is 15.9 Å². The van der Waals surface area contributed by atoms with Crippen LogP contribution in [0.25, 0.3) is 0 Å². The summed E-state index contributed by atoms with van der Waals surface area (Å²) in [4.78, 5) is 6.68. The maximum absolute atomic E-state index is 6.68. The summed E-state index contributed by atoms with van der Waals surface area (Å²) in [6.45, 7) is 13.1. The summed E-state index contributed by atoms with van der Waals surface area (Å²) in [6.07, 6.45) is 8.84. The molecular weight excluding hydrogens is 362 g/mol. The van der Waals surface area contributed by atoms with Gasteiger partial charge < -0.3 is 0 Å². The topological polar surface area (TPSA) is 12.5 Å². The van der Waals surface area contributed by atoms with Gasteiger partial charge in [0, 0.05) is 15.6 Å². The van der Waals surface area contributed by atoms with Crippen molar-refractivity contribution >= 4 is 15.9 Å². The van der Waals surface area contributed by atoms with E-state index in [1.54, 1.807) is 0 Å². The molecule has 1 fully saturated rings. The van der Waals surface area contributed by atoms with E-state index in [2.05, 4.69) is 79.5 Å². The van der Waals surface area contributed by atoms with Gasteiger partial charge >= 0.3 is 0 Å². The number of allylic oxidation sites excluding steroid dienone is 1. The number of piperidine rings is 1. The maximum atomic E-state index is 6.68. The largest absolute Gasteiger partial charge is 0.290 e. The van der Waals surface area contributed by atoms with E-state index < -0.39 is 0 Å². The van der Waals surface area contributed by atoms with Gasteiger partial charge in [0.25, 0.3) is 0 Å². The first-order valence-electron chi connectivity index (χ1n) is 9.10. The molecule has 0 aliphatic carbocycles. The van der Waals surface area contributed by atoms with Crippen LogP contribution in [-0.2, 0) is 4.84 Å². The zero-order valence-electron chi connectivity index (χ0n) is 15.6. The van der Waals surface area contributed by atoms with E-state index in [4.69, 9.17) is 4.84 Å². The predicted octanol–water partition coefficient (Wildman–Crippen LogP) is 6.82. The minimum atomic E-state index is 0.0633. The van der Waals surface area contributed by atoms with Crippen molar-refractivity contribution in [3.05, 3.63) is 47.0 Å². The summed E-state index contributed by atoms with van der Waals surface area (Å²) >= 11 is 3.53. The fraction of sp³-hybridized carbons (Fsp3) is 0.619. The Morgan fingerprint density at radius 2 is 1.75 bits per heavy atom. The zero-order chi connectivity index (χ0) is 17.8. The number of halogens is 1. The summed E-state index contributed by atoms with van der Waals surface area (Å²) in [5, 5.41) is 2.28. The molecule has 1 aliphatic heterocycles. The van der Waals surface area contributed by atoms with Crippen LogP contribution in [0, 0.1) is 0 Å². The number of hydrogen-bond acceptors (Lipinski definition) is 2. The van der Waals surface area contributed by atoms with E-state index in [9.17, 15) is 0 Å². The van der Waals surface area contributed by atoms with Crippen molar-refractivity contribution < 1.29 is 4.84 Å². The Morgan fingerprint density at radius 3 is 2.29 bits per heavy atom. The minimum Gasteiger partial charge on any atom is -0.290 e. The molecule has 0 saturated carbocycles. The van der Waals surface area contributed by atoms with Crippen molar-refractivity contribution in [3.63, 3.8) is 0 Å². The first-order chi connectivity index (χ1) is 11.3. The Hall–Kier alpha value is -0.640. The molecule has 24 heavy (non-hydrogen) atoms. The van der Waals surface area contributed by atoms with Crippen molar-refractivity contribution in [3.8, 4) is 0 Å². The average molecular weight is 394 g/mol. The Kier molecular flexibility index (Phi) is 6.69. The molecule has 2 rings (SSSR count). The van der Waals surface area contributed by atoms with Gasteiger partial charge in [0.05, 0.1) is 0 Å². The molecule has 1 atom stereocenters. The van der Waals surface area contributed by atoms with Crippen molar-refractivity contribution in [1.82, 2.24) is 5.06 Å². The lowest BCUT2D eigenvalue weighted by Crippen LogP contribution is -2.58. The first kappa shape index (κ1) is 19.7. The van der Waals surface area contributed by atoms with Crippen LogP contribution in [0.2, 0.25) is 0 Å². The van der Waals surface area contributed by atoms with E-state index in [0.29, 0.717) is 0 Å². The molecule has 1 aromatic rings. The van der Waals surface area contributed by atoms with Crippen LogP contribution in [0.1, 0.15) is 77.9 Å². The lowest BCUT2D eigenvalue weighted by Gasteiger charge is -2.52. The number of hydroxylamine groups is 2. The molecule has 2 nitrogen and oxygen atoms in total. The first-order valence-corrected chi connectivity index (χ1v) is 9.89. The molecule has 3 heteroatoms. The molecule has 0 spiro atoms. The van der Waals surface area contributed by atoms with Crippen molar-refractivity contribution in [1.29, 1.82) is 0 Å². The normalized spacial score (nSPS) is 21.4. The minimum absolute atomic E-state index is 0.0633. The highest BCUT2D eigenvalue weighted by Crippen LogP contribution is 2.41. The Bertz CT molecular complexity index is 519. The summed E-state index contributed by atoms with van der Waals surface area (Å²) < 4.78 is 1.11. The van der Waals surface area contributed by atoms with E-state index in [-0.39, 0.29) is 17.2 Å². The summed E-state index contributed by atoms with van der Waals surface area (Å²) in [5.74, 6) is 0. The number of benzene rings is 1. The second kappa shape index (κ2) is 8.16. The number of hydrogen-bond donors (Lipinski definition) is 0. The summed E-state index contributed by atoms with van der Waals surface area (Å²) in [6, 6.07) is 8.55. The molecule has 0 N–H and O–H groups in total. The van der Waals surface area contributed by atoms with E-state index in [1.807, 2.05) is 6.08 Å². The third kappa shape index (κ3) is 4.93. The molecule has 0 radical (unpaired) electrons. The van der Waals surface area contributed by atoms with Crippen LogP contribution in [0.4, 0.5) is 0 Å². The lowest BCUT2D eigenvalue weighted by molar-refractivity contribution is -0.308.